The maximum atomic E-state index is 12.6. The average molecular weight is 238 g/mol. The molecule has 0 heterocycles. The third-order valence-electron chi connectivity index (χ3n) is 3.39. The first-order valence-electron chi connectivity index (χ1n) is 5.89. The number of hydrogen-bond donors (Lipinski definition) is 0. The molecule has 0 amide bonds. The molecule has 0 fully saturated rings. The van der Waals surface area contributed by atoms with Crippen LogP contribution in [-0.4, -0.2) is 17.8 Å². The van der Waals surface area contributed by atoms with Crippen molar-refractivity contribution in [1.29, 1.82) is 0 Å². The summed E-state index contributed by atoms with van der Waals surface area (Å²) >= 11 is 1.75. The summed E-state index contributed by atoms with van der Waals surface area (Å²) in [5, 5.41) is 0. The zero-order chi connectivity index (χ0) is 12.3. The summed E-state index contributed by atoms with van der Waals surface area (Å²) < 4.78 is 0. The van der Waals surface area contributed by atoms with Crippen LogP contribution in [-0.2, 0) is 4.79 Å². The molecule has 16 heavy (non-hydrogen) atoms. The molecule has 1 unspecified atom stereocenters. The maximum Gasteiger partial charge on any atom is 0.170 e. The fourth-order valence-electron chi connectivity index (χ4n) is 2.17. The van der Waals surface area contributed by atoms with Crippen molar-refractivity contribution in [3.05, 3.63) is 23.8 Å². The van der Waals surface area contributed by atoms with Crippen molar-refractivity contribution < 1.29 is 4.79 Å². The van der Waals surface area contributed by atoms with E-state index in [1.54, 1.807) is 11.8 Å². The highest BCUT2D eigenvalue weighted by Crippen LogP contribution is 2.39. The van der Waals surface area contributed by atoms with E-state index >= 15 is 0 Å². The van der Waals surface area contributed by atoms with Crippen LogP contribution in [0.4, 0.5) is 0 Å². The van der Waals surface area contributed by atoms with E-state index in [2.05, 4.69) is 46.1 Å². The number of Topliss-reactive ketones (excluding diaryl/α,β-unsaturated/α-hetero) is 1. The second-order valence-electron chi connectivity index (χ2n) is 5.09. The SMILES string of the molecule is CSCC1(C(C)C)C=CC=C(C(C)C)C1=O. The molecule has 1 nitrogen and oxygen atoms in total. The summed E-state index contributed by atoms with van der Waals surface area (Å²) in [7, 11) is 0. The van der Waals surface area contributed by atoms with Crippen LogP contribution >= 0.6 is 11.8 Å². The first-order chi connectivity index (χ1) is 7.45. The Kier molecular flexibility index (Phi) is 4.43. The van der Waals surface area contributed by atoms with Crippen molar-refractivity contribution in [2.75, 3.05) is 12.0 Å². The van der Waals surface area contributed by atoms with Gasteiger partial charge in [0.05, 0.1) is 5.41 Å². The fraction of sp³-hybridized carbons (Fsp3) is 0.643. The second kappa shape index (κ2) is 5.22. The largest absolute Gasteiger partial charge is 0.294 e. The molecule has 0 aliphatic heterocycles. The molecule has 1 rings (SSSR count). The third-order valence-corrected chi connectivity index (χ3v) is 4.16. The van der Waals surface area contributed by atoms with Gasteiger partial charge in [-0.25, -0.2) is 0 Å². The van der Waals surface area contributed by atoms with Crippen molar-refractivity contribution >= 4 is 17.5 Å². The van der Waals surface area contributed by atoms with Crippen LogP contribution in [0.3, 0.4) is 0 Å². The molecule has 0 aromatic rings. The summed E-state index contributed by atoms with van der Waals surface area (Å²) in [6.07, 6.45) is 8.21. The molecule has 1 atom stereocenters. The van der Waals surface area contributed by atoms with Crippen molar-refractivity contribution in [2.45, 2.75) is 27.7 Å². The van der Waals surface area contributed by atoms with Gasteiger partial charge < -0.3 is 0 Å². The molecular weight excluding hydrogens is 216 g/mol. The Morgan fingerprint density at radius 1 is 1.31 bits per heavy atom. The van der Waals surface area contributed by atoms with Gasteiger partial charge in [0.15, 0.2) is 5.78 Å². The number of carbonyl (C=O) groups excluding carboxylic acids is 1. The van der Waals surface area contributed by atoms with Gasteiger partial charge in [-0.1, -0.05) is 45.9 Å². The Labute approximate surface area is 103 Å². The zero-order valence-electron chi connectivity index (χ0n) is 10.9. The van der Waals surface area contributed by atoms with Gasteiger partial charge in [-0.3, -0.25) is 4.79 Å². The lowest BCUT2D eigenvalue weighted by molar-refractivity contribution is -0.123. The smallest absolute Gasteiger partial charge is 0.170 e. The lowest BCUT2D eigenvalue weighted by atomic mass is 9.69. The van der Waals surface area contributed by atoms with Crippen LogP contribution in [0.25, 0.3) is 0 Å². The molecule has 0 radical (unpaired) electrons. The van der Waals surface area contributed by atoms with E-state index in [1.165, 1.54) is 0 Å². The summed E-state index contributed by atoms with van der Waals surface area (Å²) in [5.74, 6) is 1.88. The number of carbonyl (C=O) groups is 1. The Hall–Kier alpha value is -0.500. The predicted octanol–water partition coefficient (Wildman–Crippen LogP) is 3.71. The highest BCUT2D eigenvalue weighted by atomic mass is 32.2. The number of ketones is 1. The van der Waals surface area contributed by atoms with E-state index in [0.717, 1.165) is 11.3 Å². The lowest BCUT2D eigenvalue weighted by Gasteiger charge is -2.36. The molecule has 0 saturated carbocycles. The zero-order valence-corrected chi connectivity index (χ0v) is 11.7. The van der Waals surface area contributed by atoms with Gasteiger partial charge in [-0.15, -0.1) is 0 Å². The van der Waals surface area contributed by atoms with E-state index < -0.39 is 0 Å². The summed E-state index contributed by atoms with van der Waals surface area (Å²) in [6.45, 7) is 8.46. The molecule has 2 heteroatoms. The molecule has 1 aliphatic rings. The minimum atomic E-state index is -0.284. The number of allylic oxidation sites excluding steroid dienone is 4. The molecular formula is C14H22OS. The van der Waals surface area contributed by atoms with Crippen LogP contribution in [0.2, 0.25) is 0 Å². The molecule has 0 bridgehead atoms. The Morgan fingerprint density at radius 2 is 1.94 bits per heavy atom. The predicted molar refractivity (Wildman–Crippen MR) is 72.7 cm³/mol. The van der Waals surface area contributed by atoms with Gasteiger partial charge in [-0.2, -0.15) is 11.8 Å². The number of rotatable bonds is 4. The first-order valence-corrected chi connectivity index (χ1v) is 7.28. The van der Waals surface area contributed by atoms with Gasteiger partial charge in [0.25, 0.3) is 0 Å². The normalized spacial score (nSPS) is 25.4. The van der Waals surface area contributed by atoms with Gasteiger partial charge in [0, 0.05) is 5.75 Å². The van der Waals surface area contributed by atoms with Crippen molar-refractivity contribution in [3.8, 4) is 0 Å². The highest BCUT2D eigenvalue weighted by Gasteiger charge is 2.41. The van der Waals surface area contributed by atoms with E-state index in [0.29, 0.717) is 17.6 Å². The fourth-order valence-corrected chi connectivity index (χ4v) is 3.21. The van der Waals surface area contributed by atoms with E-state index in [4.69, 9.17) is 0 Å². The Balaban J connectivity index is 3.11. The van der Waals surface area contributed by atoms with Crippen LogP contribution in [0.5, 0.6) is 0 Å². The Bertz CT molecular complexity index is 326. The molecule has 0 saturated heterocycles. The van der Waals surface area contributed by atoms with Crippen LogP contribution in [0, 0.1) is 17.3 Å². The summed E-state index contributed by atoms with van der Waals surface area (Å²) in [5.41, 5.74) is 0.693. The molecule has 0 aromatic heterocycles. The van der Waals surface area contributed by atoms with Crippen molar-refractivity contribution in [3.63, 3.8) is 0 Å². The van der Waals surface area contributed by atoms with Crippen molar-refractivity contribution in [1.82, 2.24) is 0 Å². The summed E-state index contributed by atoms with van der Waals surface area (Å²) in [6, 6.07) is 0. The topological polar surface area (TPSA) is 17.1 Å². The second-order valence-corrected chi connectivity index (χ2v) is 5.96. The highest BCUT2D eigenvalue weighted by molar-refractivity contribution is 7.98. The van der Waals surface area contributed by atoms with Crippen molar-refractivity contribution in [2.24, 2.45) is 17.3 Å². The molecule has 0 aromatic carbocycles. The minimum absolute atomic E-state index is 0.284. The Morgan fingerprint density at radius 3 is 2.38 bits per heavy atom. The molecule has 1 aliphatic carbocycles. The van der Waals surface area contributed by atoms with Gasteiger partial charge in [0.2, 0.25) is 0 Å². The van der Waals surface area contributed by atoms with Crippen LogP contribution in [0.15, 0.2) is 23.8 Å². The summed E-state index contributed by atoms with van der Waals surface area (Å²) in [4.78, 5) is 12.6. The van der Waals surface area contributed by atoms with E-state index in [-0.39, 0.29) is 5.41 Å². The number of hydrogen-bond acceptors (Lipinski definition) is 2. The van der Waals surface area contributed by atoms with Crippen LogP contribution in [0.1, 0.15) is 27.7 Å². The van der Waals surface area contributed by atoms with Gasteiger partial charge in [0.1, 0.15) is 0 Å². The average Bonchev–Trinajstić information content (AvgIpc) is 2.20. The van der Waals surface area contributed by atoms with Crippen LogP contribution < -0.4 is 0 Å². The molecule has 0 N–H and O–H groups in total. The quantitative estimate of drug-likeness (QED) is 0.742. The minimum Gasteiger partial charge on any atom is -0.294 e. The van der Waals surface area contributed by atoms with E-state index in [9.17, 15) is 4.79 Å². The van der Waals surface area contributed by atoms with Gasteiger partial charge in [-0.05, 0) is 23.7 Å². The maximum absolute atomic E-state index is 12.6. The molecule has 0 spiro atoms. The third kappa shape index (κ3) is 2.27. The van der Waals surface area contributed by atoms with E-state index in [1.807, 2.05) is 6.08 Å². The number of thioether (sulfide) groups is 1. The monoisotopic (exact) mass is 238 g/mol. The lowest BCUT2D eigenvalue weighted by Crippen LogP contribution is -2.40. The standard InChI is InChI=1S/C14H22OS/c1-10(2)12-7-6-8-14(9-16-5,11(3)4)13(12)15/h6-8,10-11H,9H2,1-5H3. The molecule has 90 valence electrons. The first kappa shape index (κ1) is 13.6. The van der Waals surface area contributed by atoms with Gasteiger partial charge >= 0.3 is 0 Å².